The van der Waals surface area contributed by atoms with E-state index in [1.807, 2.05) is 0 Å². The molecule has 6 heteroatoms. The van der Waals surface area contributed by atoms with Gasteiger partial charge in [0.2, 0.25) is 0 Å². The first-order valence-corrected chi connectivity index (χ1v) is 6.08. The lowest BCUT2D eigenvalue weighted by molar-refractivity contribution is -0.144. The lowest BCUT2D eigenvalue weighted by Crippen LogP contribution is -2.30. The second-order valence-electron chi connectivity index (χ2n) is 5.03. The molecule has 1 fully saturated rings. The number of nitrogens with two attached hydrogens (primary N) is 1. The van der Waals surface area contributed by atoms with Crippen molar-refractivity contribution in [3.05, 3.63) is 23.8 Å². The molecule has 1 unspecified atom stereocenters. The van der Waals surface area contributed by atoms with Gasteiger partial charge in [0.15, 0.2) is 6.61 Å². The van der Waals surface area contributed by atoms with Gasteiger partial charge in [0.25, 0.3) is 5.91 Å². The fraction of sp³-hybridized carbons (Fsp3) is 0.385. The number of carbonyl (C=O) groups excluding carboxylic acids is 1. The molecule has 3 rings (SSSR count). The molecule has 1 aromatic rings. The van der Waals surface area contributed by atoms with Crippen LogP contribution in [0.3, 0.4) is 0 Å². The number of nitrogens with one attached hydrogen (secondary N) is 1. The number of ether oxygens (including phenoxy) is 1. The largest absolute Gasteiger partial charge is 0.482 e. The molecule has 19 heavy (non-hydrogen) atoms. The minimum Gasteiger partial charge on any atom is -0.482 e. The fourth-order valence-corrected chi connectivity index (χ4v) is 2.41. The topological polar surface area (TPSA) is 102 Å². The van der Waals surface area contributed by atoms with E-state index in [1.54, 1.807) is 18.2 Å². The lowest BCUT2D eigenvalue weighted by atomic mass is 9.90. The van der Waals surface area contributed by atoms with Gasteiger partial charge in [-0.05, 0) is 30.5 Å². The number of carbonyl (C=O) groups is 2. The van der Waals surface area contributed by atoms with E-state index in [2.05, 4.69) is 5.32 Å². The predicted molar refractivity (Wildman–Crippen MR) is 66.8 cm³/mol. The quantitative estimate of drug-likeness (QED) is 0.750. The fourth-order valence-electron chi connectivity index (χ4n) is 2.41. The van der Waals surface area contributed by atoms with Gasteiger partial charge in [-0.3, -0.25) is 9.59 Å². The standard InChI is InChI=1S/C13H14N2O4/c14-11(13(3-4-13)12(17)18)7-1-2-9-8(5-7)15-10(16)6-19-9/h1-2,5,11H,3-4,6,14H2,(H,15,16)(H,17,18). The van der Waals surface area contributed by atoms with Crippen molar-refractivity contribution in [2.45, 2.75) is 18.9 Å². The van der Waals surface area contributed by atoms with Gasteiger partial charge in [-0.15, -0.1) is 0 Å². The minimum absolute atomic E-state index is 0.00252. The van der Waals surface area contributed by atoms with E-state index >= 15 is 0 Å². The number of carboxylic acid groups (broad SMARTS) is 1. The molecule has 0 aromatic heterocycles. The van der Waals surface area contributed by atoms with Crippen molar-refractivity contribution >= 4 is 17.6 Å². The summed E-state index contributed by atoms with van der Waals surface area (Å²) in [4.78, 5) is 22.5. The van der Waals surface area contributed by atoms with E-state index in [-0.39, 0.29) is 12.5 Å². The normalized spacial score (nSPS) is 20.8. The highest BCUT2D eigenvalue weighted by Gasteiger charge is 2.55. The number of benzene rings is 1. The summed E-state index contributed by atoms with van der Waals surface area (Å²) >= 11 is 0. The Balaban J connectivity index is 1.92. The number of amides is 1. The van der Waals surface area contributed by atoms with Crippen LogP contribution in [0.15, 0.2) is 18.2 Å². The Morgan fingerprint density at radius 3 is 2.84 bits per heavy atom. The number of carboxylic acids is 1. The molecule has 0 bridgehead atoms. The Morgan fingerprint density at radius 1 is 1.47 bits per heavy atom. The summed E-state index contributed by atoms with van der Waals surface area (Å²) < 4.78 is 5.25. The summed E-state index contributed by atoms with van der Waals surface area (Å²) in [7, 11) is 0. The predicted octanol–water partition coefficient (Wildman–Crippen LogP) is 0.882. The smallest absolute Gasteiger partial charge is 0.311 e. The van der Waals surface area contributed by atoms with Crippen LogP contribution >= 0.6 is 0 Å². The summed E-state index contributed by atoms with van der Waals surface area (Å²) in [5.74, 6) is -0.508. The van der Waals surface area contributed by atoms with Crippen molar-refractivity contribution in [1.82, 2.24) is 0 Å². The number of rotatable bonds is 3. The highest BCUT2D eigenvalue weighted by Crippen LogP contribution is 2.54. The molecular formula is C13H14N2O4. The van der Waals surface area contributed by atoms with Gasteiger partial charge in [-0.1, -0.05) is 6.07 Å². The van der Waals surface area contributed by atoms with Gasteiger partial charge in [0, 0.05) is 6.04 Å². The van der Waals surface area contributed by atoms with Crippen molar-refractivity contribution in [2.75, 3.05) is 11.9 Å². The SMILES string of the molecule is NC(c1ccc2c(c1)NC(=O)CO2)C1(C(=O)O)CC1. The minimum atomic E-state index is -0.863. The lowest BCUT2D eigenvalue weighted by Gasteiger charge is -2.23. The maximum Gasteiger partial charge on any atom is 0.311 e. The van der Waals surface area contributed by atoms with Gasteiger partial charge in [0.1, 0.15) is 5.75 Å². The van der Waals surface area contributed by atoms with E-state index in [1.165, 1.54) is 0 Å². The van der Waals surface area contributed by atoms with Gasteiger partial charge in [0.05, 0.1) is 11.1 Å². The Labute approximate surface area is 109 Å². The first-order chi connectivity index (χ1) is 9.03. The van der Waals surface area contributed by atoms with Crippen molar-refractivity contribution in [3.63, 3.8) is 0 Å². The molecular weight excluding hydrogens is 248 g/mol. The van der Waals surface area contributed by atoms with Gasteiger partial charge < -0.3 is 20.9 Å². The Morgan fingerprint density at radius 2 is 2.21 bits per heavy atom. The van der Waals surface area contributed by atoms with Crippen LogP contribution in [0.5, 0.6) is 5.75 Å². The zero-order valence-electron chi connectivity index (χ0n) is 10.2. The molecule has 1 saturated carbocycles. The maximum absolute atomic E-state index is 11.3. The summed E-state index contributed by atoms with van der Waals surface area (Å²) in [5, 5.41) is 11.9. The number of anilines is 1. The molecule has 1 heterocycles. The summed E-state index contributed by atoms with van der Waals surface area (Å²) in [6.07, 6.45) is 1.17. The third kappa shape index (κ3) is 1.84. The molecule has 1 aliphatic carbocycles. The highest BCUT2D eigenvalue weighted by molar-refractivity contribution is 5.95. The van der Waals surface area contributed by atoms with Crippen LogP contribution in [0.2, 0.25) is 0 Å². The third-order valence-electron chi connectivity index (χ3n) is 3.81. The van der Waals surface area contributed by atoms with Crippen molar-refractivity contribution < 1.29 is 19.4 Å². The summed E-state index contributed by atoms with van der Waals surface area (Å²) in [6.45, 7) is -0.00252. The van der Waals surface area contributed by atoms with Crippen molar-refractivity contribution in [1.29, 1.82) is 0 Å². The molecule has 2 aliphatic rings. The molecule has 4 N–H and O–H groups in total. The van der Waals surface area contributed by atoms with Crippen LogP contribution in [0.1, 0.15) is 24.4 Å². The number of hydrogen-bond donors (Lipinski definition) is 3. The molecule has 1 atom stereocenters. The van der Waals surface area contributed by atoms with Crippen LogP contribution in [0, 0.1) is 5.41 Å². The first-order valence-electron chi connectivity index (χ1n) is 6.08. The Bertz CT molecular complexity index is 566. The molecule has 6 nitrogen and oxygen atoms in total. The summed E-state index contributed by atoms with van der Waals surface area (Å²) in [5.41, 5.74) is 6.46. The second kappa shape index (κ2) is 3.96. The Kier molecular flexibility index (Phi) is 2.50. The van der Waals surface area contributed by atoms with E-state index in [9.17, 15) is 14.7 Å². The molecule has 0 radical (unpaired) electrons. The zero-order chi connectivity index (χ0) is 13.6. The van der Waals surface area contributed by atoms with E-state index in [4.69, 9.17) is 10.5 Å². The van der Waals surface area contributed by atoms with Crippen molar-refractivity contribution in [3.8, 4) is 5.75 Å². The monoisotopic (exact) mass is 262 g/mol. The number of hydrogen-bond acceptors (Lipinski definition) is 4. The second-order valence-corrected chi connectivity index (χ2v) is 5.03. The molecule has 1 aliphatic heterocycles. The van der Waals surface area contributed by atoms with Gasteiger partial charge >= 0.3 is 5.97 Å². The van der Waals surface area contributed by atoms with E-state index in [0.717, 1.165) is 0 Å². The van der Waals surface area contributed by atoms with Crippen LogP contribution < -0.4 is 15.8 Å². The molecule has 1 aromatic carbocycles. The zero-order valence-corrected chi connectivity index (χ0v) is 10.2. The van der Waals surface area contributed by atoms with E-state index in [0.29, 0.717) is 29.8 Å². The van der Waals surface area contributed by atoms with Crippen LogP contribution in [-0.2, 0) is 9.59 Å². The molecule has 0 spiro atoms. The maximum atomic E-state index is 11.3. The summed E-state index contributed by atoms with van der Waals surface area (Å²) in [6, 6.07) is 4.58. The third-order valence-corrected chi connectivity index (χ3v) is 3.81. The molecule has 100 valence electrons. The molecule has 1 amide bonds. The van der Waals surface area contributed by atoms with E-state index < -0.39 is 17.4 Å². The average Bonchev–Trinajstić information content (AvgIpc) is 3.18. The van der Waals surface area contributed by atoms with Crippen LogP contribution in [0.25, 0.3) is 0 Å². The van der Waals surface area contributed by atoms with Gasteiger partial charge in [-0.25, -0.2) is 0 Å². The van der Waals surface area contributed by atoms with Gasteiger partial charge in [-0.2, -0.15) is 0 Å². The van der Waals surface area contributed by atoms with Crippen molar-refractivity contribution in [2.24, 2.45) is 11.1 Å². The highest BCUT2D eigenvalue weighted by atomic mass is 16.5. The Hall–Kier alpha value is -2.08. The first kappa shape index (κ1) is 12.0. The number of fused-ring (bicyclic) bond motifs is 1. The number of aliphatic carboxylic acids is 1. The van der Waals surface area contributed by atoms with Crippen LogP contribution in [-0.4, -0.2) is 23.6 Å². The van der Waals surface area contributed by atoms with Crippen LogP contribution in [0.4, 0.5) is 5.69 Å². The average molecular weight is 262 g/mol. The molecule has 0 saturated heterocycles.